The van der Waals surface area contributed by atoms with Gasteiger partial charge in [0.05, 0.1) is 66.7 Å². The van der Waals surface area contributed by atoms with Gasteiger partial charge in [0.15, 0.2) is 23.0 Å². The molecule has 2 aliphatic rings. The Balaban J connectivity index is 1.80. The monoisotopic (exact) mass is 588 g/mol. The number of hydrogen-bond acceptors (Lipinski definition) is 10. The number of carbonyl (C=O) groups is 2. The lowest BCUT2D eigenvalue weighted by Gasteiger charge is -2.37. The molecule has 0 saturated carbocycles. The van der Waals surface area contributed by atoms with E-state index in [9.17, 15) is 19.8 Å². The molecule has 2 aliphatic heterocycles. The number of benzene rings is 2. The molecule has 230 valence electrons. The number of amides is 2. The molecular weight excluding hydrogens is 548 g/mol. The SMILES string of the molecule is COc1cc(C[C@H](C(=O)N2CCOCC2)[C@@H](Cc2cc(OC)c(O)c(OC)c2)C(=O)N2CCOCC2)cc(OC)c1O. The van der Waals surface area contributed by atoms with Crippen molar-refractivity contribution in [2.75, 3.05) is 81.0 Å². The number of rotatable bonds is 11. The molecule has 0 unspecified atom stereocenters. The zero-order valence-corrected chi connectivity index (χ0v) is 24.6. The van der Waals surface area contributed by atoms with Crippen LogP contribution in [0.3, 0.4) is 0 Å². The van der Waals surface area contributed by atoms with Gasteiger partial charge in [-0.2, -0.15) is 0 Å². The number of methoxy groups -OCH3 is 4. The Bertz CT molecular complexity index is 1100. The van der Waals surface area contributed by atoms with Crippen LogP contribution in [0.4, 0.5) is 0 Å². The largest absolute Gasteiger partial charge is 0.502 e. The van der Waals surface area contributed by atoms with Gasteiger partial charge in [-0.05, 0) is 48.2 Å². The van der Waals surface area contributed by atoms with Gasteiger partial charge in [-0.1, -0.05) is 0 Å². The van der Waals surface area contributed by atoms with E-state index in [-0.39, 0.29) is 59.2 Å². The van der Waals surface area contributed by atoms with Crippen LogP contribution < -0.4 is 18.9 Å². The van der Waals surface area contributed by atoms with Crippen LogP contribution in [-0.2, 0) is 31.9 Å². The molecule has 0 spiro atoms. The predicted molar refractivity (Wildman–Crippen MR) is 152 cm³/mol. The zero-order valence-electron chi connectivity index (χ0n) is 24.6. The second kappa shape index (κ2) is 14.3. The third-order valence-electron chi connectivity index (χ3n) is 7.76. The van der Waals surface area contributed by atoms with Gasteiger partial charge in [-0.3, -0.25) is 9.59 Å². The highest BCUT2D eigenvalue weighted by Crippen LogP contribution is 2.40. The highest BCUT2D eigenvalue weighted by molar-refractivity contribution is 5.88. The van der Waals surface area contributed by atoms with E-state index in [2.05, 4.69) is 0 Å². The second-order valence-electron chi connectivity index (χ2n) is 10.2. The van der Waals surface area contributed by atoms with Crippen molar-refractivity contribution >= 4 is 11.8 Å². The summed E-state index contributed by atoms with van der Waals surface area (Å²) in [4.78, 5) is 32.0. The fourth-order valence-corrected chi connectivity index (χ4v) is 5.48. The van der Waals surface area contributed by atoms with Crippen molar-refractivity contribution < 1.29 is 48.2 Å². The molecule has 0 aromatic heterocycles. The number of hydrogen-bond donors (Lipinski definition) is 2. The molecule has 2 heterocycles. The van der Waals surface area contributed by atoms with Crippen molar-refractivity contribution in [3.63, 3.8) is 0 Å². The molecule has 0 aliphatic carbocycles. The van der Waals surface area contributed by atoms with E-state index in [0.29, 0.717) is 63.7 Å². The quantitative estimate of drug-likeness (QED) is 0.400. The van der Waals surface area contributed by atoms with Crippen LogP contribution in [0.25, 0.3) is 0 Å². The number of ether oxygens (including phenoxy) is 6. The van der Waals surface area contributed by atoms with Gasteiger partial charge < -0.3 is 48.4 Å². The lowest BCUT2D eigenvalue weighted by molar-refractivity contribution is -0.150. The fourth-order valence-electron chi connectivity index (χ4n) is 5.48. The van der Waals surface area contributed by atoms with Crippen molar-refractivity contribution in [3.05, 3.63) is 35.4 Å². The summed E-state index contributed by atoms with van der Waals surface area (Å²) < 4.78 is 32.4. The summed E-state index contributed by atoms with van der Waals surface area (Å²) in [6.07, 6.45) is 0.354. The Morgan fingerprint density at radius 3 is 1.19 bits per heavy atom. The highest BCUT2D eigenvalue weighted by atomic mass is 16.5. The maximum absolute atomic E-state index is 14.3. The van der Waals surface area contributed by atoms with Gasteiger partial charge in [0.2, 0.25) is 23.3 Å². The predicted octanol–water partition coefficient (Wildman–Crippen LogP) is 1.87. The van der Waals surface area contributed by atoms with E-state index < -0.39 is 11.8 Å². The Morgan fingerprint density at radius 1 is 0.643 bits per heavy atom. The summed E-state index contributed by atoms with van der Waals surface area (Å²) in [5.41, 5.74) is 1.32. The Morgan fingerprint density at radius 2 is 0.929 bits per heavy atom. The molecule has 2 aromatic rings. The Kier molecular flexibility index (Phi) is 10.6. The Hall–Kier alpha value is -3.90. The maximum atomic E-state index is 14.3. The van der Waals surface area contributed by atoms with E-state index in [0.717, 1.165) is 0 Å². The molecule has 2 atom stereocenters. The van der Waals surface area contributed by atoms with Crippen molar-refractivity contribution in [1.29, 1.82) is 0 Å². The summed E-state index contributed by atoms with van der Waals surface area (Å²) in [5.74, 6) is -1.42. The van der Waals surface area contributed by atoms with Crippen LogP contribution >= 0.6 is 0 Å². The molecule has 12 nitrogen and oxygen atoms in total. The summed E-state index contributed by atoms with van der Waals surface area (Å²) in [6, 6.07) is 6.61. The lowest BCUT2D eigenvalue weighted by atomic mass is 9.80. The molecule has 2 saturated heterocycles. The van der Waals surface area contributed by atoms with Gasteiger partial charge in [-0.15, -0.1) is 0 Å². The van der Waals surface area contributed by atoms with Gasteiger partial charge in [-0.25, -0.2) is 0 Å². The van der Waals surface area contributed by atoms with Gasteiger partial charge in [0.1, 0.15) is 0 Å². The van der Waals surface area contributed by atoms with E-state index >= 15 is 0 Å². The first-order chi connectivity index (χ1) is 20.3. The lowest BCUT2D eigenvalue weighted by Crippen LogP contribution is -2.51. The minimum Gasteiger partial charge on any atom is -0.502 e. The third kappa shape index (κ3) is 6.93. The van der Waals surface area contributed by atoms with Crippen molar-refractivity contribution in [2.45, 2.75) is 12.8 Å². The third-order valence-corrected chi connectivity index (χ3v) is 7.76. The van der Waals surface area contributed by atoms with Crippen LogP contribution in [0.5, 0.6) is 34.5 Å². The van der Waals surface area contributed by atoms with Crippen molar-refractivity contribution in [1.82, 2.24) is 9.80 Å². The molecule has 4 rings (SSSR count). The highest BCUT2D eigenvalue weighted by Gasteiger charge is 2.39. The van der Waals surface area contributed by atoms with E-state index in [1.54, 1.807) is 34.1 Å². The molecule has 0 radical (unpaired) electrons. The summed E-state index contributed by atoms with van der Waals surface area (Å²) >= 11 is 0. The number of nitrogens with zero attached hydrogens (tertiary/aromatic N) is 2. The average molecular weight is 589 g/mol. The molecule has 2 amide bonds. The number of phenolic OH excluding ortho intramolecular Hbond substituents is 2. The maximum Gasteiger partial charge on any atom is 0.226 e. The average Bonchev–Trinajstić information content (AvgIpc) is 3.03. The molecule has 0 bridgehead atoms. The van der Waals surface area contributed by atoms with Crippen molar-refractivity contribution in [2.24, 2.45) is 11.8 Å². The van der Waals surface area contributed by atoms with Crippen LogP contribution in [0.2, 0.25) is 0 Å². The minimum absolute atomic E-state index is 0.149. The van der Waals surface area contributed by atoms with Crippen molar-refractivity contribution in [3.8, 4) is 34.5 Å². The second-order valence-corrected chi connectivity index (χ2v) is 10.2. The molecule has 42 heavy (non-hydrogen) atoms. The Labute approximate surface area is 245 Å². The smallest absolute Gasteiger partial charge is 0.226 e. The standard InChI is InChI=1S/C30H40N2O10/c1-37-23-15-19(16-24(38-2)27(23)33)13-21(29(35)31-5-9-41-10-6-31)22(30(36)32-7-11-42-12-8-32)14-20-17-25(39-3)28(34)26(18-20)40-4/h15-18,21-22,33-34H,5-14H2,1-4H3/t21-,22+. The van der Waals surface area contributed by atoms with Crippen LogP contribution in [0.15, 0.2) is 24.3 Å². The van der Waals surface area contributed by atoms with Gasteiger partial charge in [0, 0.05) is 26.2 Å². The number of aromatic hydroxyl groups is 2. The normalized spacial score (nSPS) is 16.9. The fraction of sp³-hybridized carbons (Fsp3) is 0.533. The molecule has 2 N–H and O–H groups in total. The minimum atomic E-state index is -0.789. The van der Waals surface area contributed by atoms with Crippen LogP contribution in [0.1, 0.15) is 11.1 Å². The zero-order chi connectivity index (χ0) is 30.2. The van der Waals surface area contributed by atoms with Gasteiger partial charge >= 0.3 is 0 Å². The van der Waals surface area contributed by atoms with Crippen LogP contribution in [-0.4, -0.2) is 113 Å². The first-order valence-electron chi connectivity index (χ1n) is 13.9. The van der Waals surface area contributed by atoms with E-state index in [4.69, 9.17) is 28.4 Å². The summed E-state index contributed by atoms with van der Waals surface area (Å²) in [7, 11) is 5.74. The topological polar surface area (TPSA) is 136 Å². The summed E-state index contributed by atoms with van der Waals surface area (Å²) in [6.45, 7) is 3.30. The first-order valence-corrected chi connectivity index (χ1v) is 13.9. The molecule has 12 heteroatoms. The van der Waals surface area contributed by atoms with Gasteiger partial charge in [0.25, 0.3) is 0 Å². The molecule has 2 aromatic carbocycles. The molecular formula is C30H40N2O10. The van der Waals surface area contributed by atoms with E-state index in [1.807, 2.05) is 0 Å². The number of carbonyl (C=O) groups excluding carboxylic acids is 2. The number of phenols is 2. The summed E-state index contributed by atoms with van der Waals surface area (Å²) in [5, 5.41) is 21.0. The van der Waals surface area contributed by atoms with E-state index in [1.165, 1.54) is 28.4 Å². The number of morpholine rings is 2. The van der Waals surface area contributed by atoms with Crippen LogP contribution in [0, 0.1) is 11.8 Å². The first kappa shape index (κ1) is 31.0. The molecule has 2 fully saturated rings.